The van der Waals surface area contributed by atoms with E-state index in [-0.39, 0.29) is 28.5 Å². The molecule has 2 fully saturated rings. The average molecular weight is 329 g/mol. The van der Waals surface area contributed by atoms with E-state index < -0.39 is 0 Å². The topological polar surface area (TPSA) is 89.5 Å². The Kier molecular flexibility index (Phi) is 3.79. The molecule has 2 saturated carbocycles. The number of nitro groups is 1. The number of nitrogens with two attached hydrogens (primary N) is 1. The maximum atomic E-state index is 13.1. The highest BCUT2D eigenvalue weighted by Gasteiger charge is 2.43. The van der Waals surface area contributed by atoms with E-state index in [1.54, 1.807) is 11.0 Å². The summed E-state index contributed by atoms with van der Waals surface area (Å²) in [5.41, 5.74) is 7.89. The highest BCUT2D eigenvalue weighted by Crippen LogP contribution is 2.44. The minimum atomic E-state index is -0.350. The molecule has 0 radical (unpaired) electrons. The molecule has 1 aromatic rings. The van der Waals surface area contributed by atoms with Gasteiger partial charge in [-0.15, -0.1) is 0 Å². The molecule has 2 unspecified atom stereocenters. The summed E-state index contributed by atoms with van der Waals surface area (Å²) in [6.07, 6.45) is 5.79. The quantitative estimate of drug-likeness (QED) is 0.667. The summed E-state index contributed by atoms with van der Waals surface area (Å²) < 4.78 is 0. The van der Waals surface area contributed by atoms with Crippen molar-refractivity contribution >= 4 is 17.3 Å². The normalized spacial score (nSPS) is 31.6. The van der Waals surface area contributed by atoms with E-state index in [0.29, 0.717) is 30.4 Å². The van der Waals surface area contributed by atoms with E-state index in [2.05, 4.69) is 0 Å². The van der Waals surface area contributed by atoms with Gasteiger partial charge in [0, 0.05) is 24.6 Å². The third-order valence-corrected chi connectivity index (χ3v) is 6.23. The van der Waals surface area contributed by atoms with Crippen LogP contribution in [0.25, 0.3) is 0 Å². The second-order valence-corrected chi connectivity index (χ2v) is 7.47. The predicted octanol–water partition coefficient (Wildman–Crippen LogP) is 2.64. The van der Waals surface area contributed by atoms with Crippen molar-refractivity contribution in [2.75, 3.05) is 11.4 Å². The Morgan fingerprint density at radius 3 is 2.62 bits per heavy atom. The number of anilines is 1. The first-order valence-corrected chi connectivity index (χ1v) is 8.89. The smallest absolute Gasteiger partial charge is 0.274 e. The summed E-state index contributed by atoms with van der Waals surface area (Å²) >= 11 is 0. The van der Waals surface area contributed by atoms with Gasteiger partial charge in [0.15, 0.2) is 0 Å². The SMILES string of the molecule is NC1C2CCCC1CC(C(=O)N1CCc3c1cccc3[N+](=O)[O-])C2. The summed E-state index contributed by atoms with van der Waals surface area (Å²) in [7, 11) is 0. The van der Waals surface area contributed by atoms with Crippen LogP contribution < -0.4 is 10.6 Å². The first-order valence-electron chi connectivity index (χ1n) is 8.89. The van der Waals surface area contributed by atoms with Gasteiger partial charge in [-0.05, 0) is 50.0 Å². The lowest BCUT2D eigenvalue weighted by Gasteiger charge is -2.44. The van der Waals surface area contributed by atoms with Gasteiger partial charge in [0.1, 0.15) is 0 Å². The Balaban J connectivity index is 1.57. The van der Waals surface area contributed by atoms with Crippen molar-refractivity contribution in [3.05, 3.63) is 33.9 Å². The van der Waals surface area contributed by atoms with E-state index >= 15 is 0 Å². The zero-order valence-corrected chi connectivity index (χ0v) is 13.7. The van der Waals surface area contributed by atoms with Crippen LogP contribution in [0.2, 0.25) is 0 Å². The van der Waals surface area contributed by atoms with E-state index in [9.17, 15) is 14.9 Å². The predicted molar refractivity (Wildman–Crippen MR) is 90.7 cm³/mol. The van der Waals surface area contributed by atoms with E-state index in [1.165, 1.54) is 12.5 Å². The van der Waals surface area contributed by atoms with E-state index in [0.717, 1.165) is 31.4 Å². The molecule has 24 heavy (non-hydrogen) atoms. The lowest BCUT2D eigenvalue weighted by Crippen LogP contribution is -2.49. The van der Waals surface area contributed by atoms with Crippen LogP contribution in [0, 0.1) is 27.9 Å². The van der Waals surface area contributed by atoms with Crippen molar-refractivity contribution in [2.24, 2.45) is 23.5 Å². The van der Waals surface area contributed by atoms with Crippen LogP contribution in [0.3, 0.4) is 0 Å². The highest BCUT2D eigenvalue weighted by molar-refractivity contribution is 5.97. The lowest BCUT2D eigenvalue weighted by molar-refractivity contribution is -0.385. The van der Waals surface area contributed by atoms with Crippen LogP contribution in [0.5, 0.6) is 0 Å². The second-order valence-electron chi connectivity index (χ2n) is 7.47. The molecule has 4 rings (SSSR count). The fraction of sp³-hybridized carbons (Fsp3) is 0.611. The van der Waals surface area contributed by atoms with Gasteiger partial charge in [0.05, 0.1) is 16.2 Å². The van der Waals surface area contributed by atoms with Crippen molar-refractivity contribution < 1.29 is 9.72 Å². The summed E-state index contributed by atoms with van der Waals surface area (Å²) in [6.45, 7) is 0.552. The maximum absolute atomic E-state index is 13.1. The lowest BCUT2D eigenvalue weighted by atomic mass is 9.65. The number of nitrogens with zero attached hydrogens (tertiary/aromatic N) is 2. The molecule has 0 aromatic heterocycles. The molecule has 2 bridgehead atoms. The van der Waals surface area contributed by atoms with Gasteiger partial charge in [0.25, 0.3) is 5.69 Å². The summed E-state index contributed by atoms with van der Waals surface area (Å²) in [6, 6.07) is 5.28. The minimum Gasteiger partial charge on any atom is -0.327 e. The van der Waals surface area contributed by atoms with Crippen LogP contribution in [0.15, 0.2) is 18.2 Å². The molecule has 1 heterocycles. The number of nitro benzene ring substituents is 1. The molecule has 6 heteroatoms. The Labute approximate surface area is 141 Å². The molecule has 2 atom stereocenters. The van der Waals surface area contributed by atoms with Gasteiger partial charge in [0.2, 0.25) is 5.91 Å². The molecule has 0 saturated heterocycles. The largest absolute Gasteiger partial charge is 0.327 e. The molecule has 6 nitrogen and oxygen atoms in total. The number of hydrogen-bond acceptors (Lipinski definition) is 4. The molecule has 1 amide bonds. The first kappa shape index (κ1) is 15.6. The summed E-state index contributed by atoms with van der Waals surface area (Å²) in [4.78, 5) is 25.7. The van der Waals surface area contributed by atoms with Crippen LogP contribution >= 0.6 is 0 Å². The van der Waals surface area contributed by atoms with Crippen LogP contribution in [-0.2, 0) is 11.2 Å². The second kappa shape index (κ2) is 5.84. The minimum absolute atomic E-state index is 0.0188. The van der Waals surface area contributed by atoms with Gasteiger partial charge in [-0.3, -0.25) is 14.9 Å². The summed E-state index contributed by atoms with van der Waals surface area (Å²) in [5.74, 6) is 1.07. The van der Waals surface area contributed by atoms with Crippen LogP contribution in [0.4, 0.5) is 11.4 Å². The number of benzene rings is 1. The number of rotatable bonds is 2. The zero-order valence-electron chi connectivity index (χ0n) is 13.7. The maximum Gasteiger partial charge on any atom is 0.274 e. The van der Waals surface area contributed by atoms with Crippen molar-refractivity contribution in [1.29, 1.82) is 0 Å². The number of carbonyl (C=O) groups is 1. The third kappa shape index (κ3) is 2.40. The molecule has 0 spiro atoms. The number of hydrogen-bond donors (Lipinski definition) is 1. The van der Waals surface area contributed by atoms with Crippen molar-refractivity contribution in [1.82, 2.24) is 0 Å². The Bertz CT molecular complexity index is 676. The fourth-order valence-electron chi connectivity index (χ4n) is 5.03. The monoisotopic (exact) mass is 329 g/mol. The standard InChI is InChI=1S/C18H23N3O3/c19-17-11-3-1-4-12(17)10-13(9-11)18(22)20-8-7-14-15(20)5-2-6-16(14)21(23)24/h2,5-6,11-13,17H,1,3-4,7-10,19H2. The number of carbonyl (C=O) groups excluding carboxylic acids is 1. The molecular formula is C18H23N3O3. The van der Waals surface area contributed by atoms with Gasteiger partial charge in [-0.25, -0.2) is 0 Å². The summed E-state index contributed by atoms with van der Waals surface area (Å²) in [5, 5.41) is 11.2. The van der Waals surface area contributed by atoms with Crippen molar-refractivity contribution in [3.8, 4) is 0 Å². The Hall–Kier alpha value is -1.95. The number of fused-ring (bicyclic) bond motifs is 3. The van der Waals surface area contributed by atoms with Crippen molar-refractivity contribution in [3.63, 3.8) is 0 Å². The molecule has 1 aliphatic heterocycles. The zero-order chi connectivity index (χ0) is 16.8. The average Bonchev–Trinajstić information content (AvgIpc) is 2.97. The van der Waals surface area contributed by atoms with Gasteiger partial charge < -0.3 is 10.6 Å². The van der Waals surface area contributed by atoms with Gasteiger partial charge in [-0.1, -0.05) is 12.5 Å². The fourth-order valence-corrected chi connectivity index (χ4v) is 5.03. The number of amides is 1. The Morgan fingerprint density at radius 2 is 1.96 bits per heavy atom. The molecule has 2 N–H and O–H groups in total. The van der Waals surface area contributed by atoms with Crippen molar-refractivity contribution in [2.45, 2.75) is 44.6 Å². The first-order chi connectivity index (χ1) is 11.6. The Morgan fingerprint density at radius 1 is 1.25 bits per heavy atom. The molecule has 3 aliphatic rings. The molecular weight excluding hydrogens is 306 g/mol. The third-order valence-electron chi connectivity index (χ3n) is 6.23. The van der Waals surface area contributed by atoms with Crippen LogP contribution in [0.1, 0.15) is 37.7 Å². The molecule has 1 aromatic carbocycles. The van der Waals surface area contributed by atoms with E-state index in [4.69, 9.17) is 5.73 Å². The van der Waals surface area contributed by atoms with Gasteiger partial charge in [-0.2, -0.15) is 0 Å². The molecule has 128 valence electrons. The van der Waals surface area contributed by atoms with E-state index in [1.807, 2.05) is 6.07 Å². The van der Waals surface area contributed by atoms with Crippen LogP contribution in [-0.4, -0.2) is 23.4 Å². The van der Waals surface area contributed by atoms with Gasteiger partial charge >= 0.3 is 0 Å². The highest BCUT2D eigenvalue weighted by atomic mass is 16.6. The molecule has 2 aliphatic carbocycles.